The predicted octanol–water partition coefficient (Wildman–Crippen LogP) is 5.18. The van der Waals surface area contributed by atoms with Gasteiger partial charge in [-0.1, -0.05) is 30.7 Å². The van der Waals surface area contributed by atoms with E-state index in [1.165, 1.54) is 37.4 Å². The van der Waals surface area contributed by atoms with Gasteiger partial charge >= 0.3 is 0 Å². The van der Waals surface area contributed by atoms with E-state index in [9.17, 15) is 10.1 Å². The highest BCUT2D eigenvalue weighted by atomic mass is 16.6. The molecule has 138 valence electrons. The molecular weight excluding hydrogens is 338 g/mol. The number of fused-ring (bicyclic) bond motifs is 1. The zero-order valence-electron chi connectivity index (χ0n) is 15.5. The van der Waals surface area contributed by atoms with Crippen molar-refractivity contribution in [2.75, 3.05) is 6.54 Å². The largest absolute Gasteiger partial charge is 0.296 e. The molecule has 2 heterocycles. The van der Waals surface area contributed by atoms with Crippen LogP contribution in [-0.4, -0.2) is 27.4 Å². The third-order valence-corrected chi connectivity index (χ3v) is 5.43. The first-order valence-corrected chi connectivity index (χ1v) is 9.49. The molecule has 5 nitrogen and oxygen atoms in total. The van der Waals surface area contributed by atoms with Crippen LogP contribution in [0.25, 0.3) is 22.2 Å². The molecule has 0 saturated carbocycles. The average molecular weight is 361 g/mol. The second-order valence-corrected chi connectivity index (χ2v) is 7.35. The Bertz CT molecular complexity index is 986. The van der Waals surface area contributed by atoms with Crippen molar-refractivity contribution in [1.82, 2.24) is 9.88 Å². The fourth-order valence-corrected chi connectivity index (χ4v) is 3.84. The molecule has 1 fully saturated rings. The van der Waals surface area contributed by atoms with Gasteiger partial charge in [0.05, 0.1) is 16.1 Å². The Labute approximate surface area is 158 Å². The fourth-order valence-electron chi connectivity index (χ4n) is 3.84. The smallest absolute Gasteiger partial charge is 0.270 e. The third kappa shape index (κ3) is 3.83. The molecule has 0 bridgehead atoms. The van der Waals surface area contributed by atoms with Crippen molar-refractivity contribution < 1.29 is 4.92 Å². The summed E-state index contributed by atoms with van der Waals surface area (Å²) in [4.78, 5) is 17.9. The van der Waals surface area contributed by atoms with E-state index in [-0.39, 0.29) is 10.6 Å². The predicted molar refractivity (Wildman–Crippen MR) is 108 cm³/mol. The van der Waals surface area contributed by atoms with Crippen LogP contribution in [0.4, 0.5) is 5.69 Å². The summed E-state index contributed by atoms with van der Waals surface area (Å²) < 4.78 is 0. The van der Waals surface area contributed by atoms with E-state index < -0.39 is 0 Å². The second kappa shape index (κ2) is 7.45. The van der Waals surface area contributed by atoms with Crippen molar-refractivity contribution in [1.29, 1.82) is 0 Å². The van der Waals surface area contributed by atoms with Crippen molar-refractivity contribution in [2.24, 2.45) is 0 Å². The lowest BCUT2D eigenvalue weighted by Crippen LogP contribution is -2.36. The zero-order valence-corrected chi connectivity index (χ0v) is 15.5. The monoisotopic (exact) mass is 361 g/mol. The van der Waals surface area contributed by atoms with E-state index >= 15 is 0 Å². The lowest BCUT2D eigenvalue weighted by atomic mass is 10.0. The summed E-state index contributed by atoms with van der Waals surface area (Å²) in [6.45, 7) is 4.46. The maximum Gasteiger partial charge on any atom is 0.270 e. The molecule has 27 heavy (non-hydrogen) atoms. The van der Waals surface area contributed by atoms with Gasteiger partial charge in [0, 0.05) is 35.7 Å². The summed E-state index contributed by atoms with van der Waals surface area (Å²) in [5, 5.41) is 12.1. The van der Waals surface area contributed by atoms with Gasteiger partial charge in [0.1, 0.15) is 0 Å². The van der Waals surface area contributed by atoms with Crippen LogP contribution >= 0.6 is 0 Å². The first-order chi connectivity index (χ1) is 13.1. The number of benzene rings is 2. The topological polar surface area (TPSA) is 59.3 Å². The van der Waals surface area contributed by atoms with E-state index in [0.717, 1.165) is 28.7 Å². The van der Waals surface area contributed by atoms with Gasteiger partial charge in [-0.2, -0.15) is 0 Å². The number of pyridine rings is 1. The molecule has 1 unspecified atom stereocenters. The van der Waals surface area contributed by atoms with Crippen LogP contribution in [0.2, 0.25) is 0 Å². The number of likely N-dealkylation sites (tertiary alicyclic amines) is 1. The number of rotatable bonds is 4. The molecule has 3 aromatic rings. The zero-order chi connectivity index (χ0) is 18.8. The Morgan fingerprint density at radius 2 is 2.04 bits per heavy atom. The standard InChI is InChI=1S/C22H23N3O2/c1-16-5-2-3-12-24(16)15-17-8-10-21-19(13-17)9-11-22(23-21)18-6-4-7-20(14-18)25(26)27/h4,6-11,13-14,16H,2-3,5,12,15H2,1H3. The first kappa shape index (κ1) is 17.6. The molecule has 5 heteroatoms. The maximum absolute atomic E-state index is 11.0. The summed E-state index contributed by atoms with van der Waals surface area (Å²) in [5.74, 6) is 0. The average Bonchev–Trinajstić information content (AvgIpc) is 2.69. The Balaban J connectivity index is 1.60. The highest BCUT2D eigenvalue weighted by Gasteiger charge is 2.18. The highest BCUT2D eigenvalue weighted by Crippen LogP contribution is 2.26. The number of nitro benzene ring substituents is 1. The number of nitro groups is 1. The van der Waals surface area contributed by atoms with Gasteiger partial charge in [0.25, 0.3) is 5.69 Å². The molecule has 4 rings (SSSR count). The Kier molecular flexibility index (Phi) is 4.86. The van der Waals surface area contributed by atoms with Crippen molar-refractivity contribution >= 4 is 16.6 Å². The lowest BCUT2D eigenvalue weighted by molar-refractivity contribution is -0.384. The molecule has 0 N–H and O–H groups in total. The molecular formula is C22H23N3O2. The third-order valence-electron chi connectivity index (χ3n) is 5.43. The number of hydrogen-bond donors (Lipinski definition) is 0. The second-order valence-electron chi connectivity index (χ2n) is 7.35. The minimum atomic E-state index is -0.377. The van der Waals surface area contributed by atoms with Gasteiger partial charge in [-0.25, -0.2) is 4.98 Å². The Hall–Kier alpha value is -2.79. The van der Waals surface area contributed by atoms with Crippen LogP contribution in [0.15, 0.2) is 54.6 Å². The van der Waals surface area contributed by atoms with Crippen LogP contribution in [0, 0.1) is 10.1 Å². The van der Waals surface area contributed by atoms with Crippen LogP contribution in [-0.2, 0) is 6.54 Å². The Morgan fingerprint density at radius 1 is 1.15 bits per heavy atom. The van der Waals surface area contributed by atoms with Gasteiger partial charge in [0.15, 0.2) is 0 Å². The van der Waals surface area contributed by atoms with Crippen LogP contribution in [0.3, 0.4) is 0 Å². The van der Waals surface area contributed by atoms with Crippen LogP contribution < -0.4 is 0 Å². The molecule has 1 aliphatic heterocycles. The minimum absolute atomic E-state index is 0.0837. The summed E-state index contributed by atoms with van der Waals surface area (Å²) in [6.07, 6.45) is 3.90. The van der Waals surface area contributed by atoms with E-state index in [0.29, 0.717) is 6.04 Å². The molecule has 1 saturated heterocycles. The number of nitrogens with zero attached hydrogens (tertiary/aromatic N) is 3. The van der Waals surface area contributed by atoms with Gasteiger partial charge in [0.2, 0.25) is 0 Å². The van der Waals surface area contributed by atoms with Crippen molar-refractivity contribution in [3.63, 3.8) is 0 Å². The molecule has 2 aromatic carbocycles. The highest BCUT2D eigenvalue weighted by molar-refractivity contribution is 5.82. The van der Waals surface area contributed by atoms with E-state index in [2.05, 4.69) is 36.1 Å². The van der Waals surface area contributed by atoms with E-state index in [1.807, 2.05) is 12.1 Å². The molecule has 1 atom stereocenters. The minimum Gasteiger partial charge on any atom is -0.296 e. The van der Waals surface area contributed by atoms with Crippen molar-refractivity contribution in [2.45, 2.75) is 38.8 Å². The van der Waals surface area contributed by atoms with E-state index in [4.69, 9.17) is 4.98 Å². The molecule has 0 amide bonds. The van der Waals surface area contributed by atoms with Gasteiger partial charge in [-0.05, 0) is 50.1 Å². The molecule has 1 aliphatic rings. The molecule has 1 aromatic heterocycles. The number of non-ortho nitro benzene ring substituents is 1. The first-order valence-electron chi connectivity index (χ1n) is 9.49. The summed E-state index contributed by atoms with van der Waals surface area (Å²) in [6, 6.07) is 17.7. The number of piperidine rings is 1. The van der Waals surface area contributed by atoms with Crippen molar-refractivity contribution in [3.05, 3.63) is 70.3 Å². The SMILES string of the molecule is CC1CCCCN1Cc1ccc2nc(-c3cccc([N+](=O)[O-])c3)ccc2c1. The normalized spacial score (nSPS) is 17.9. The van der Waals surface area contributed by atoms with Gasteiger partial charge in [-0.15, -0.1) is 0 Å². The number of aromatic nitrogens is 1. The summed E-state index contributed by atoms with van der Waals surface area (Å²) >= 11 is 0. The Morgan fingerprint density at radius 3 is 2.85 bits per heavy atom. The fraction of sp³-hybridized carbons (Fsp3) is 0.318. The number of hydrogen-bond acceptors (Lipinski definition) is 4. The molecule has 0 aliphatic carbocycles. The molecule has 0 spiro atoms. The maximum atomic E-state index is 11.0. The summed E-state index contributed by atoms with van der Waals surface area (Å²) in [5.41, 5.74) is 3.82. The van der Waals surface area contributed by atoms with Crippen molar-refractivity contribution in [3.8, 4) is 11.3 Å². The van der Waals surface area contributed by atoms with Crippen LogP contribution in [0.5, 0.6) is 0 Å². The van der Waals surface area contributed by atoms with E-state index in [1.54, 1.807) is 12.1 Å². The van der Waals surface area contributed by atoms with Crippen LogP contribution in [0.1, 0.15) is 31.7 Å². The summed E-state index contributed by atoms with van der Waals surface area (Å²) in [7, 11) is 0. The molecule has 0 radical (unpaired) electrons. The lowest BCUT2D eigenvalue weighted by Gasteiger charge is -2.33. The van der Waals surface area contributed by atoms with Gasteiger partial charge < -0.3 is 0 Å². The quantitative estimate of drug-likeness (QED) is 0.474. The van der Waals surface area contributed by atoms with Gasteiger partial charge in [-0.3, -0.25) is 15.0 Å².